The number of oxazole rings is 1. The maximum Gasteiger partial charge on any atom is 0.308 e. The van der Waals surface area contributed by atoms with Crippen molar-refractivity contribution in [3.63, 3.8) is 0 Å². The van der Waals surface area contributed by atoms with E-state index in [1.165, 1.54) is 0 Å². The summed E-state index contributed by atoms with van der Waals surface area (Å²) < 4.78 is 5.42. The predicted octanol–water partition coefficient (Wildman–Crippen LogP) is 2.25. The Morgan fingerprint density at radius 2 is 2.28 bits per heavy atom. The van der Waals surface area contributed by atoms with Crippen LogP contribution in [-0.2, 0) is 4.79 Å². The Hall–Kier alpha value is -1.88. The molecule has 0 spiro atoms. The summed E-state index contributed by atoms with van der Waals surface area (Å²) in [5.74, 6) is -0.883. The number of carboxylic acid groups (broad SMARTS) is 1. The van der Waals surface area contributed by atoms with Crippen molar-refractivity contribution in [1.82, 2.24) is 4.98 Å². The van der Waals surface area contributed by atoms with Crippen molar-refractivity contribution in [3.8, 4) is 0 Å². The minimum Gasteiger partial charge on any atom is -0.481 e. The molecule has 2 rings (SSSR count). The van der Waals surface area contributed by atoms with Gasteiger partial charge in [0.2, 0.25) is 0 Å². The fourth-order valence-corrected chi connectivity index (χ4v) is 2.08. The van der Waals surface area contributed by atoms with Gasteiger partial charge in [-0.25, -0.2) is 4.98 Å². The van der Waals surface area contributed by atoms with Crippen molar-refractivity contribution < 1.29 is 14.3 Å². The fourth-order valence-electron chi connectivity index (χ4n) is 2.08. The van der Waals surface area contributed by atoms with Crippen LogP contribution in [0.3, 0.4) is 0 Å². The minimum absolute atomic E-state index is 0.490. The lowest BCUT2D eigenvalue weighted by Crippen LogP contribution is -2.27. The van der Waals surface area contributed by atoms with Crippen LogP contribution in [0.1, 0.15) is 30.8 Å². The summed E-state index contributed by atoms with van der Waals surface area (Å²) in [7, 11) is 0. The smallest absolute Gasteiger partial charge is 0.308 e. The number of hydrogen-bond acceptors (Lipinski definition) is 4. The van der Waals surface area contributed by atoms with Gasteiger partial charge in [-0.3, -0.25) is 4.79 Å². The van der Waals surface area contributed by atoms with Crippen LogP contribution in [0.5, 0.6) is 0 Å². The molecule has 2 atom stereocenters. The molecule has 0 aliphatic heterocycles. The van der Waals surface area contributed by atoms with Crippen molar-refractivity contribution in [2.24, 2.45) is 11.7 Å². The van der Waals surface area contributed by atoms with E-state index in [4.69, 9.17) is 15.3 Å². The highest BCUT2D eigenvalue weighted by Crippen LogP contribution is 2.26. The first-order chi connectivity index (χ1) is 8.52. The van der Waals surface area contributed by atoms with E-state index >= 15 is 0 Å². The van der Waals surface area contributed by atoms with Gasteiger partial charge >= 0.3 is 5.97 Å². The predicted molar refractivity (Wildman–Crippen MR) is 67.1 cm³/mol. The summed E-state index contributed by atoms with van der Waals surface area (Å²) in [6.07, 6.45) is 0.490. The molecular formula is C13H16N2O3. The monoisotopic (exact) mass is 248 g/mol. The van der Waals surface area contributed by atoms with Crippen LogP contribution in [0.4, 0.5) is 0 Å². The number of rotatable bonds is 4. The highest BCUT2D eigenvalue weighted by molar-refractivity contribution is 5.75. The number of aromatic nitrogens is 1. The summed E-state index contributed by atoms with van der Waals surface area (Å²) >= 11 is 0. The molecule has 1 heterocycles. The van der Waals surface area contributed by atoms with Gasteiger partial charge in [0.05, 0.1) is 5.92 Å². The Bertz CT molecular complexity index is 577. The summed E-state index contributed by atoms with van der Waals surface area (Å²) in [6.45, 7) is 3.58. The number of hydrogen-bond donors (Lipinski definition) is 2. The van der Waals surface area contributed by atoms with E-state index in [0.717, 1.165) is 11.1 Å². The number of carbonyl (C=O) groups is 1. The second kappa shape index (κ2) is 4.78. The second-order valence-electron chi connectivity index (χ2n) is 4.34. The molecule has 0 radical (unpaired) electrons. The number of nitrogens with zero attached hydrogens (tertiary/aromatic N) is 1. The molecule has 96 valence electrons. The number of benzene rings is 1. The Labute approximate surface area is 105 Å². The standard InChI is InChI=1S/C13H16N2O3/c1-3-9(13(16)17)12(14)8-4-5-10-11(6-8)18-7(2)15-10/h4-6,9,12H,3,14H2,1-2H3,(H,16,17). The molecule has 5 nitrogen and oxygen atoms in total. The molecule has 1 aromatic carbocycles. The zero-order chi connectivity index (χ0) is 13.3. The van der Waals surface area contributed by atoms with Gasteiger partial charge < -0.3 is 15.3 Å². The molecule has 3 N–H and O–H groups in total. The van der Waals surface area contributed by atoms with E-state index in [1.54, 1.807) is 25.1 Å². The normalized spacial score (nSPS) is 14.6. The second-order valence-corrected chi connectivity index (χ2v) is 4.34. The quantitative estimate of drug-likeness (QED) is 0.866. The topological polar surface area (TPSA) is 89.3 Å². The van der Waals surface area contributed by atoms with Gasteiger partial charge in [-0.1, -0.05) is 13.0 Å². The van der Waals surface area contributed by atoms with Gasteiger partial charge in [0, 0.05) is 13.0 Å². The highest BCUT2D eigenvalue weighted by atomic mass is 16.4. The van der Waals surface area contributed by atoms with Crippen molar-refractivity contribution in [3.05, 3.63) is 29.7 Å². The molecule has 18 heavy (non-hydrogen) atoms. The summed E-state index contributed by atoms with van der Waals surface area (Å²) in [6, 6.07) is 4.84. The fraction of sp³-hybridized carbons (Fsp3) is 0.385. The summed E-state index contributed by atoms with van der Waals surface area (Å²) in [4.78, 5) is 15.3. The summed E-state index contributed by atoms with van der Waals surface area (Å²) in [5.41, 5.74) is 8.16. The largest absolute Gasteiger partial charge is 0.481 e. The molecular weight excluding hydrogens is 232 g/mol. The molecule has 0 bridgehead atoms. The van der Waals surface area contributed by atoms with E-state index in [1.807, 2.05) is 6.92 Å². The van der Waals surface area contributed by atoms with Gasteiger partial charge in [0.1, 0.15) is 5.52 Å². The average Bonchev–Trinajstić information content (AvgIpc) is 2.68. The molecule has 0 amide bonds. The van der Waals surface area contributed by atoms with Crippen LogP contribution >= 0.6 is 0 Å². The van der Waals surface area contributed by atoms with Crippen molar-refractivity contribution in [2.75, 3.05) is 0 Å². The van der Waals surface area contributed by atoms with Crippen molar-refractivity contribution in [2.45, 2.75) is 26.3 Å². The first-order valence-electron chi connectivity index (χ1n) is 5.88. The molecule has 0 fully saturated rings. The molecule has 2 aromatic rings. The van der Waals surface area contributed by atoms with Gasteiger partial charge in [-0.2, -0.15) is 0 Å². The lowest BCUT2D eigenvalue weighted by atomic mass is 9.91. The Morgan fingerprint density at radius 3 is 2.89 bits per heavy atom. The van der Waals surface area contributed by atoms with Crippen molar-refractivity contribution >= 4 is 17.1 Å². The minimum atomic E-state index is -0.876. The number of nitrogens with two attached hydrogens (primary N) is 1. The third-order valence-electron chi connectivity index (χ3n) is 3.09. The number of aliphatic carboxylic acids is 1. The van der Waals surface area contributed by atoms with E-state index in [9.17, 15) is 4.79 Å². The maximum atomic E-state index is 11.1. The Kier molecular flexibility index (Phi) is 3.34. The van der Waals surface area contributed by atoms with Crippen LogP contribution in [0.15, 0.2) is 22.6 Å². The van der Waals surface area contributed by atoms with Crippen LogP contribution in [0.25, 0.3) is 11.1 Å². The number of aryl methyl sites for hydroxylation is 1. The zero-order valence-corrected chi connectivity index (χ0v) is 10.4. The third kappa shape index (κ3) is 2.22. The van der Waals surface area contributed by atoms with Gasteiger partial charge in [-0.15, -0.1) is 0 Å². The van der Waals surface area contributed by atoms with Crippen LogP contribution < -0.4 is 5.73 Å². The molecule has 1 aromatic heterocycles. The first kappa shape index (κ1) is 12.6. The summed E-state index contributed by atoms with van der Waals surface area (Å²) in [5, 5.41) is 9.11. The van der Waals surface area contributed by atoms with Gasteiger partial charge in [0.25, 0.3) is 0 Å². The lowest BCUT2D eigenvalue weighted by molar-refractivity contribution is -0.142. The van der Waals surface area contributed by atoms with Crippen LogP contribution in [0, 0.1) is 12.8 Å². The van der Waals surface area contributed by atoms with Crippen molar-refractivity contribution in [1.29, 1.82) is 0 Å². The Morgan fingerprint density at radius 1 is 1.56 bits per heavy atom. The van der Waals surface area contributed by atoms with E-state index in [2.05, 4.69) is 4.98 Å². The maximum absolute atomic E-state index is 11.1. The van der Waals surface area contributed by atoms with Gasteiger partial charge in [0.15, 0.2) is 11.5 Å². The molecule has 0 saturated carbocycles. The molecule has 0 saturated heterocycles. The molecule has 2 unspecified atom stereocenters. The van der Waals surface area contributed by atoms with E-state index in [0.29, 0.717) is 17.9 Å². The van der Waals surface area contributed by atoms with Gasteiger partial charge in [-0.05, 0) is 24.1 Å². The number of fused-ring (bicyclic) bond motifs is 1. The first-order valence-corrected chi connectivity index (χ1v) is 5.88. The Balaban J connectivity index is 2.37. The SMILES string of the molecule is CCC(C(=O)O)C(N)c1ccc2nc(C)oc2c1. The average molecular weight is 248 g/mol. The molecule has 5 heteroatoms. The zero-order valence-electron chi connectivity index (χ0n) is 10.4. The highest BCUT2D eigenvalue weighted by Gasteiger charge is 2.25. The molecule has 0 aliphatic carbocycles. The van der Waals surface area contributed by atoms with E-state index < -0.39 is 17.9 Å². The third-order valence-corrected chi connectivity index (χ3v) is 3.09. The van der Waals surface area contributed by atoms with E-state index in [-0.39, 0.29) is 0 Å². The molecule has 0 aliphatic rings. The number of carboxylic acids is 1. The van der Waals surface area contributed by atoms with Crippen LogP contribution in [0.2, 0.25) is 0 Å². The van der Waals surface area contributed by atoms with Crippen LogP contribution in [-0.4, -0.2) is 16.1 Å². The lowest BCUT2D eigenvalue weighted by Gasteiger charge is -2.18.